The number of aromatic hydroxyl groups is 1. The Labute approximate surface area is 114 Å². The zero-order valence-corrected chi connectivity index (χ0v) is 10.5. The van der Waals surface area contributed by atoms with E-state index in [0.29, 0.717) is 0 Å². The summed E-state index contributed by atoms with van der Waals surface area (Å²) < 4.78 is 0. The monoisotopic (exact) mass is 275 g/mol. The Balaban J connectivity index is 2.01. The van der Waals surface area contributed by atoms with Gasteiger partial charge in [-0.3, -0.25) is 4.79 Å². The summed E-state index contributed by atoms with van der Waals surface area (Å²) in [4.78, 5) is 15.5. The molecule has 1 amide bonds. The van der Waals surface area contributed by atoms with Crippen molar-refractivity contribution in [2.45, 2.75) is 0 Å². The van der Waals surface area contributed by atoms with Gasteiger partial charge in [-0.25, -0.2) is 10.4 Å². The minimum absolute atomic E-state index is 0.125. The van der Waals surface area contributed by atoms with Crippen molar-refractivity contribution in [1.82, 2.24) is 10.4 Å². The summed E-state index contributed by atoms with van der Waals surface area (Å²) in [5.41, 5.74) is 3.35. The predicted molar refractivity (Wildman–Crippen MR) is 72.4 cm³/mol. The number of pyridine rings is 1. The summed E-state index contributed by atoms with van der Waals surface area (Å²) in [5.74, 6) is -0.267. The molecule has 0 aliphatic carbocycles. The predicted octanol–water partition coefficient (Wildman–Crippen LogP) is 2.20. The molecule has 0 radical (unpaired) electrons. The van der Waals surface area contributed by atoms with Crippen LogP contribution in [-0.2, 0) is 0 Å². The number of amides is 1. The lowest BCUT2D eigenvalue weighted by Gasteiger charge is -2.00. The van der Waals surface area contributed by atoms with Crippen molar-refractivity contribution in [2.24, 2.45) is 5.10 Å². The van der Waals surface area contributed by atoms with Crippen LogP contribution in [0.3, 0.4) is 0 Å². The molecule has 2 aromatic rings. The highest BCUT2D eigenvalue weighted by molar-refractivity contribution is 6.32. The number of benzene rings is 1. The molecule has 0 aliphatic rings. The molecule has 0 spiro atoms. The molecule has 19 heavy (non-hydrogen) atoms. The molecule has 0 saturated heterocycles. The number of phenols is 1. The second kappa shape index (κ2) is 5.97. The maximum atomic E-state index is 11.7. The van der Waals surface area contributed by atoms with E-state index in [9.17, 15) is 4.79 Å². The van der Waals surface area contributed by atoms with Gasteiger partial charge in [-0.15, -0.1) is 0 Å². The number of phenolic OH excluding ortho intramolecular Hbond substituents is 1. The average molecular weight is 276 g/mol. The lowest BCUT2D eigenvalue weighted by Crippen LogP contribution is -2.18. The molecular weight excluding hydrogens is 266 g/mol. The van der Waals surface area contributed by atoms with Crippen LogP contribution in [0.1, 0.15) is 15.9 Å². The number of rotatable bonds is 3. The molecule has 2 rings (SSSR count). The van der Waals surface area contributed by atoms with E-state index in [-0.39, 0.29) is 16.5 Å². The summed E-state index contributed by atoms with van der Waals surface area (Å²) in [6.07, 6.45) is 2.96. The first-order valence-electron chi connectivity index (χ1n) is 5.40. The molecular formula is C13H10ClN3O2. The van der Waals surface area contributed by atoms with Gasteiger partial charge >= 0.3 is 0 Å². The topological polar surface area (TPSA) is 74.6 Å². The first kappa shape index (κ1) is 13.0. The first-order chi connectivity index (χ1) is 9.16. The van der Waals surface area contributed by atoms with E-state index in [1.807, 2.05) is 0 Å². The molecule has 6 heteroatoms. The van der Waals surface area contributed by atoms with Crippen molar-refractivity contribution in [3.8, 4) is 5.75 Å². The third kappa shape index (κ3) is 3.53. The molecule has 0 fully saturated rings. The summed E-state index contributed by atoms with van der Waals surface area (Å²) in [7, 11) is 0. The molecule has 0 saturated carbocycles. The smallest absolute Gasteiger partial charge is 0.274 e. The zero-order valence-electron chi connectivity index (χ0n) is 9.75. The number of carbonyl (C=O) groups excluding carboxylic acids is 1. The van der Waals surface area contributed by atoms with Gasteiger partial charge in [-0.05, 0) is 42.0 Å². The van der Waals surface area contributed by atoms with Crippen molar-refractivity contribution in [3.05, 3.63) is 58.9 Å². The van der Waals surface area contributed by atoms with E-state index in [1.54, 1.807) is 24.3 Å². The number of hydrogen-bond donors (Lipinski definition) is 2. The van der Waals surface area contributed by atoms with Crippen LogP contribution in [0.25, 0.3) is 0 Å². The van der Waals surface area contributed by atoms with Crippen molar-refractivity contribution >= 4 is 23.7 Å². The summed E-state index contributed by atoms with van der Waals surface area (Å²) >= 11 is 5.78. The Hall–Kier alpha value is -2.40. The number of halogens is 1. The molecule has 1 heterocycles. The Bertz CT molecular complexity index is 612. The van der Waals surface area contributed by atoms with E-state index >= 15 is 0 Å². The van der Waals surface area contributed by atoms with Crippen LogP contribution in [0.2, 0.25) is 5.15 Å². The van der Waals surface area contributed by atoms with E-state index in [0.717, 1.165) is 5.56 Å². The quantitative estimate of drug-likeness (QED) is 0.512. The number of hydrazone groups is 1. The second-order valence-corrected chi connectivity index (χ2v) is 3.99. The largest absolute Gasteiger partial charge is 0.508 e. The summed E-state index contributed by atoms with van der Waals surface area (Å²) in [5, 5.41) is 13.0. The number of nitrogens with one attached hydrogen (secondary N) is 1. The Morgan fingerprint density at radius 3 is 2.74 bits per heavy atom. The SMILES string of the molecule is O=C(NN=Cc1ccc(O)cc1)c1cccnc1Cl. The number of hydrogen-bond acceptors (Lipinski definition) is 4. The molecule has 5 nitrogen and oxygen atoms in total. The van der Waals surface area contributed by atoms with Gasteiger partial charge in [0.25, 0.3) is 5.91 Å². The lowest BCUT2D eigenvalue weighted by molar-refractivity contribution is 0.0955. The van der Waals surface area contributed by atoms with E-state index in [4.69, 9.17) is 16.7 Å². The van der Waals surface area contributed by atoms with Crippen LogP contribution < -0.4 is 5.43 Å². The Morgan fingerprint density at radius 2 is 2.05 bits per heavy atom. The fourth-order valence-electron chi connectivity index (χ4n) is 1.34. The van der Waals surface area contributed by atoms with Gasteiger partial charge in [-0.2, -0.15) is 5.10 Å². The van der Waals surface area contributed by atoms with Crippen molar-refractivity contribution < 1.29 is 9.90 Å². The maximum Gasteiger partial charge on any atom is 0.274 e. The number of aromatic nitrogens is 1. The fraction of sp³-hybridized carbons (Fsp3) is 0. The highest BCUT2D eigenvalue weighted by atomic mass is 35.5. The van der Waals surface area contributed by atoms with Crippen LogP contribution in [-0.4, -0.2) is 22.2 Å². The number of carbonyl (C=O) groups is 1. The van der Waals surface area contributed by atoms with Crippen LogP contribution in [0, 0.1) is 0 Å². The van der Waals surface area contributed by atoms with E-state index in [1.165, 1.54) is 24.5 Å². The van der Waals surface area contributed by atoms with Crippen LogP contribution >= 0.6 is 11.6 Å². The van der Waals surface area contributed by atoms with E-state index in [2.05, 4.69) is 15.5 Å². The van der Waals surface area contributed by atoms with Crippen molar-refractivity contribution in [1.29, 1.82) is 0 Å². The fourth-order valence-corrected chi connectivity index (χ4v) is 1.55. The molecule has 1 aromatic heterocycles. The minimum Gasteiger partial charge on any atom is -0.508 e. The van der Waals surface area contributed by atoms with Crippen LogP contribution in [0.5, 0.6) is 5.75 Å². The maximum absolute atomic E-state index is 11.7. The third-order valence-corrected chi connectivity index (χ3v) is 2.58. The molecule has 0 unspecified atom stereocenters. The van der Waals surface area contributed by atoms with Gasteiger partial charge in [0.15, 0.2) is 0 Å². The highest BCUT2D eigenvalue weighted by Gasteiger charge is 2.08. The highest BCUT2D eigenvalue weighted by Crippen LogP contribution is 2.11. The summed E-state index contributed by atoms with van der Waals surface area (Å²) in [6.45, 7) is 0. The first-order valence-corrected chi connectivity index (χ1v) is 5.77. The van der Waals surface area contributed by atoms with Gasteiger partial charge in [0.1, 0.15) is 10.9 Å². The van der Waals surface area contributed by atoms with Crippen LogP contribution in [0.15, 0.2) is 47.7 Å². The lowest BCUT2D eigenvalue weighted by atomic mass is 10.2. The van der Waals surface area contributed by atoms with E-state index < -0.39 is 5.91 Å². The van der Waals surface area contributed by atoms with Gasteiger partial charge in [0.05, 0.1) is 11.8 Å². The van der Waals surface area contributed by atoms with Gasteiger partial charge < -0.3 is 5.11 Å². The molecule has 96 valence electrons. The zero-order chi connectivity index (χ0) is 13.7. The van der Waals surface area contributed by atoms with Gasteiger partial charge in [0, 0.05) is 6.20 Å². The second-order valence-electron chi connectivity index (χ2n) is 3.63. The molecule has 0 aliphatic heterocycles. The standard InChI is InChI=1S/C13H10ClN3O2/c14-12-11(2-1-7-15-12)13(19)17-16-8-9-3-5-10(18)6-4-9/h1-8,18H,(H,17,19). The normalized spacial score (nSPS) is 10.6. The Morgan fingerprint density at radius 1 is 1.32 bits per heavy atom. The van der Waals surface area contributed by atoms with Crippen molar-refractivity contribution in [2.75, 3.05) is 0 Å². The molecule has 0 atom stereocenters. The van der Waals surface area contributed by atoms with Gasteiger partial charge in [0.2, 0.25) is 0 Å². The van der Waals surface area contributed by atoms with Crippen LogP contribution in [0.4, 0.5) is 0 Å². The van der Waals surface area contributed by atoms with Gasteiger partial charge in [-0.1, -0.05) is 11.6 Å². The third-order valence-electron chi connectivity index (χ3n) is 2.28. The molecule has 0 bridgehead atoms. The van der Waals surface area contributed by atoms with Crippen molar-refractivity contribution in [3.63, 3.8) is 0 Å². The minimum atomic E-state index is -0.437. The summed E-state index contributed by atoms with van der Waals surface area (Å²) in [6, 6.07) is 9.57. The number of nitrogens with zero attached hydrogens (tertiary/aromatic N) is 2. The molecule has 1 aromatic carbocycles. The Kier molecular flexibility index (Phi) is 4.10. The average Bonchev–Trinajstić information content (AvgIpc) is 2.41. The molecule has 2 N–H and O–H groups in total.